The molecule has 0 amide bonds. The van der Waals surface area contributed by atoms with E-state index in [-0.39, 0.29) is 11.2 Å². The Kier molecular flexibility index (Phi) is 6.32. The number of fused-ring (bicyclic) bond motifs is 1. The molecule has 4 rings (SSSR count). The molecule has 4 aromatic rings. The Balaban J connectivity index is 1.87. The molecule has 0 radical (unpaired) electrons. The molecule has 1 heterocycles. The van der Waals surface area contributed by atoms with Crippen LogP contribution in [-0.2, 0) is 0 Å². The van der Waals surface area contributed by atoms with Crippen LogP contribution >= 0.6 is 22.6 Å². The number of carbonyl (C=O) groups excluding carboxylic acids is 1. The zero-order valence-electron chi connectivity index (χ0n) is 17.9. The minimum atomic E-state index is -0.503. The van der Waals surface area contributed by atoms with Gasteiger partial charge in [-0.25, -0.2) is 4.79 Å². The van der Waals surface area contributed by atoms with Crippen LogP contribution in [0.15, 0.2) is 69.9 Å². The molecule has 0 aliphatic heterocycles. The number of hydrogen-bond donors (Lipinski definition) is 0. The van der Waals surface area contributed by atoms with Crippen molar-refractivity contribution >= 4 is 39.3 Å². The molecule has 162 valence electrons. The summed E-state index contributed by atoms with van der Waals surface area (Å²) in [5, 5.41) is 0.911. The van der Waals surface area contributed by atoms with E-state index in [9.17, 15) is 9.59 Å². The van der Waals surface area contributed by atoms with E-state index >= 15 is 0 Å². The number of aryl methyl sites for hydroxylation is 2. The van der Waals surface area contributed by atoms with E-state index in [1.807, 2.05) is 43.3 Å². The Morgan fingerprint density at radius 3 is 2.22 bits per heavy atom. The number of esters is 1. The zero-order valence-corrected chi connectivity index (χ0v) is 20.1. The highest BCUT2D eigenvalue weighted by Crippen LogP contribution is 2.34. The van der Waals surface area contributed by atoms with Crippen LogP contribution in [0.5, 0.6) is 11.5 Å². The van der Waals surface area contributed by atoms with Crippen molar-refractivity contribution in [2.24, 2.45) is 0 Å². The van der Waals surface area contributed by atoms with E-state index in [0.29, 0.717) is 40.0 Å². The van der Waals surface area contributed by atoms with Gasteiger partial charge in [-0.3, -0.25) is 4.79 Å². The summed E-state index contributed by atoms with van der Waals surface area (Å²) in [5.74, 6) is 1.53. The van der Waals surface area contributed by atoms with E-state index in [1.165, 1.54) is 0 Å². The second kappa shape index (κ2) is 9.16. The highest BCUT2D eigenvalue weighted by molar-refractivity contribution is 14.1. The molecule has 0 spiro atoms. The third kappa shape index (κ3) is 4.41. The van der Waals surface area contributed by atoms with E-state index in [2.05, 4.69) is 22.6 Å². The molecule has 0 fully saturated rings. The smallest absolute Gasteiger partial charge is 0.343 e. The fraction of sp³-hybridized carbons (Fsp3) is 0.154. The summed E-state index contributed by atoms with van der Waals surface area (Å²) < 4.78 is 18.1. The van der Waals surface area contributed by atoms with Crippen LogP contribution in [0.2, 0.25) is 0 Å². The van der Waals surface area contributed by atoms with Gasteiger partial charge >= 0.3 is 5.97 Å². The van der Waals surface area contributed by atoms with Crippen LogP contribution in [0.3, 0.4) is 0 Å². The number of halogens is 1. The normalized spacial score (nSPS) is 10.9. The Labute approximate surface area is 199 Å². The molecule has 3 aromatic carbocycles. The lowest BCUT2D eigenvalue weighted by Crippen LogP contribution is -2.08. The maximum atomic E-state index is 13.1. The molecular weight excluding hydrogens is 519 g/mol. The van der Waals surface area contributed by atoms with Crippen molar-refractivity contribution in [3.63, 3.8) is 0 Å². The van der Waals surface area contributed by atoms with Crippen molar-refractivity contribution < 1.29 is 18.7 Å². The van der Waals surface area contributed by atoms with Gasteiger partial charge in [-0.2, -0.15) is 0 Å². The monoisotopic (exact) mass is 540 g/mol. The molecule has 6 heteroatoms. The predicted molar refractivity (Wildman–Crippen MR) is 133 cm³/mol. The Hall–Kier alpha value is -3.13. The van der Waals surface area contributed by atoms with Crippen molar-refractivity contribution in [2.75, 3.05) is 6.61 Å². The molecular formula is C26H21IO5. The standard InChI is InChI=1S/C26H21IO5/c1-4-30-21-11-7-17(8-12-21)19-13-22(28)24-15(2)31-16(3)25(24)23(14-19)32-26(29)18-5-9-20(27)10-6-18/h5-14H,4H2,1-3H3. The first-order valence-electron chi connectivity index (χ1n) is 10.2. The largest absolute Gasteiger partial charge is 0.494 e. The quantitative estimate of drug-likeness (QED) is 0.220. The molecule has 0 saturated heterocycles. The Morgan fingerprint density at radius 1 is 0.906 bits per heavy atom. The summed E-state index contributed by atoms with van der Waals surface area (Å²) in [5.41, 5.74) is 1.67. The van der Waals surface area contributed by atoms with Crippen LogP contribution in [0.1, 0.15) is 28.8 Å². The molecule has 1 aromatic heterocycles. The lowest BCUT2D eigenvalue weighted by atomic mass is 10.1. The lowest BCUT2D eigenvalue weighted by Gasteiger charge is -2.07. The second-order valence-corrected chi connectivity index (χ2v) is 8.54. The van der Waals surface area contributed by atoms with Crippen molar-refractivity contribution in [2.45, 2.75) is 20.8 Å². The number of ether oxygens (including phenoxy) is 2. The minimum Gasteiger partial charge on any atom is -0.494 e. The van der Waals surface area contributed by atoms with Gasteiger partial charge in [0.2, 0.25) is 0 Å². The fourth-order valence-corrected chi connectivity index (χ4v) is 4.01. The summed E-state index contributed by atoms with van der Waals surface area (Å²) in [4.78, 5) is 26.0. The highest BCUT2D eigenvalue weighted by atomic mass is 127. The Morgan fingerprint density at radius 2 is 1.56 bits per heavy atom. The molecule has 0 unspecified atom stereocenters. The first-order valence-corrected chi connectivity index (χ1v) is 11.2. The van der Waals surface area contributed by atoms with Gasteiger partial charge in [0, 0.05) is 3.57 Å². The van der Waals surface area contributed by atoms with E-state index in [4.69, 9.17) is 13.9 Å². The molecule has 32 heavy (non-hydrogen) atoms. The van der Waals surface area contributed by atoms with Gasteiger partial charge in [0.25, 0.3) is 0 Å². The maximum Gasteiger partial charge on any atom is 0.343 e. The average Bonchev–Trinajstić information content (AvgIpc) is 2.98. The van der Waals surface area contributed by atoms with Gasteiger partial charge in [-0.05, 0) is 103 Å². The summed E-state index contributed by atoms with van der Waals surface area (Å²) >= 11 is 2.18. The Bertz CT molecular complexity index is 1350. The van der Waals surface area contributed by atoms with Crippen LogP contribution in [0, 0.1) is 17.4 Å². The topological polar surface area (TPSA) is 65.7 Å². The van der Waals surface area contributed by atoms with Gasteiger partial charge in [-0.15, -0.1) is 0 Å². The van der Waals surface area contributed by atoms with Gasteiger partial charge in [-0.1, -0.05) is 12.1 Å². The summed E-state index contributed by atoms with van der Waals surface area (Å²) in [6, 6.07) is 17.8. The molecule has 0 N–H and O–H groups in total. The minimum absolute atomic E-state index is 0.199. The molecule has 0 saturated carbocycles. The molecule has 0 aliphatic rings. The third-order valence-corrected chi connectivity index (χ3v) is 5.83. The van der Waals surface area contributed by atoms with Crippen LogP contribution in [0.4, 0.5) is 0 Å². The van der Waals surface area contributed by atoms with E-state index in [0.717, 1.165) is 14.9 Å². The number of carbonyl (C=O) groups is 1. The summed E-state index contributed by atoms with van der Waals surface area (Å²) in [7, 11) is 0. The van der Waals surface area contributed by atoms with Crippen LogP contribution in [0.25, 0.3) is 21.9 Å². The molecule has 5 nitrogen and oxygen atoms in total. The van der Waals surface area contributed by atoms with Crippen molar-refractivity contribution in [1.82, 2.24) is 0 Å². The SMILES string of the molecule is CCOc1ccc(-c2cc(OC(=O)c3ccc(I)cc3)c3c(C)oc(C)c3c(=O)c2)cc1. The first kappa shape index (κ1) is 22.1. The van der Waals surface area contributed by atoms with Crippen LogP contribution in [-0.4, -0.2) is 12.6 Å². The van der Waals surface area contributed by atoms with Crippen molar-refractivity contribution in [3.8, 4) is 22.6 Å². The van der Waals surface area contributed by atoms with Crippen LogP contribution < -0.4 is 14.9 Å². The fourth-order valence-electron chi connectivity index (χ4n) is 3.65. The van der Waals surface area contributed by atoms with Crippen molar-refractivity contribution in [1.29, 1.82) is 0 Å². The summed E-state index contributed by atoms with van der Waals surface area (Å²) in [6.07, 6.45) is 0. The third-order valence-electron chi connectivity index (χ3n) is 5.11. The molecule has 0 bridgehead atoms. The maximum absolute atomic E-state index is 13.1. The summed E-state index contributed by atoms with van der Waals surface area (Å²) in [6.45, 7) is 5.98. The van der Waals surface area contributed by atoms with Crippen molar-refractivity contribution in [3.05, 3.63) is 91.5 Å². The molecule has 0 aliphatic carbocycles. The second-order valence-electron chi connectivity index (χ2n) is 7.29. The number of furan rings is 1. The van der Waals surface area contributed by atoms with Gasteiger partial charge in [0.05, 0.1) is 22.9 Å². The van der Waals surface area contributed by atoms with Gasteiger partial charge in [0.1, 0.15) is 23.0 Å². The van der Waals surface area contributed by atoms with E-state index < -0.39 is 5.97 Å². The van der Waals surface area contributed by atoms with Gasteiger partial charge < -0.3 is 13.9 Å². The lowest BCUT2D eigenvalue weighted by molar-refractivity contribution is 0.0737. The van der Waals surface area contributed by atoms with Gasteiger partial charge in [0.15, 0.2) is 5.43 Å². The first-order chi connectivity index (χ1) is 15.4. The number of rotatable bonds is 5. The predicted octanol–water partition coefficient (Wildman–Crippen LogP) is 6.30. The van der Waals surface area contributed by atoms with E-state index in [1.54, 1.807) is 38.1 Å². The zero-order chi connectivity index (χ0) is 22.8. The number of hydrogen-bond acceptors (Lipinski definition) is 5. The number of benzene rings is 2. The highest BCUT2D eigenvalue weighted by Gasteiger charge is 2.19. The average molecular weight is 540 g/mol. The molecule has 0 atom stereocenters.